The van der Waals surface area contributed by atoms with Crippen LogP contribution < -0.4 is 5.32 Å². The zero-order valence-electron chi connectivity index (χ0n) is 15.5. The Bertz CT molecular complexity index is 474. The Morgan fingerprint density at radius 1 is 1.33 bits per heavy atom. The SMILES string of the molecule is CN=C(NCCCN1CCCN(C)CC1)N(C)CCc1cccs1. The molecule has 0 bridgehead atoms. The van der Waals surface area contributed by atoms with Crippen LogP contribution in [-0.4, -0.2) is 87.6 Å². The van der Waals surface area contributed by atoms with E-state index in [1.807, 2.05) is 18.4 Å². The van der Waals surface area contributed by atoms with Crippen molar-refractivity contribution in [3.8, 4) is 0 Å². The van der Waals surface area contributed by atoms with Gasteiger partial charge < -0.3 is 20.0 Å². The molecule has 24 heavy (non-hydrogen) atoms. The standard InChI is InChI=1S/C18H33N5S/c1-19-18(22(3)13-8-17-7-4-16-24-17)20-9-5-11-23-12-6-10-21(2)14-15-23/h4,7,16H,5-6,8-15H2,1-3H3,(H,19,20). The van der Waals surface area contributed by atoms with Crippen molar-refractivity contribution in [2.24, 2.45) is 4.99 Å². The number of rotatable bonds is 7. The fourth-order valence-electron chi connectivity index (χ4n) is 3.05. The molecule has 1 aliphatic heterocycles. The van der Waals surface area contributed by atoms with E-state index in [2.05, 4.69) is 56.6 Å². The number of hydrogen-bond acceptors (Lipinski definition) is 4. The highest BCUT2D eigenvalue weighted by molar-refractivity contribution is 7.09. The van der Waals surface area contributed by atoms with Crippen LogP contribution in [0.1, 0.15) is 17.7 Å². The van der Waals surface area contributed by atoms with Crippen LogP contribution in [0.5, 0.6) is 0 Å². The van der Waals surface area contributed by atoms with Gasteiger partial charge in [-0.25, -0.2) is 0 Å². The van der Waals surface area contributed by atoms with Gasteiger partial charge in [0.05, 0.1) is 0 Å². The van der Waals surface area contributed by atoms with Crippen molar-refractivity contribution in [2.45, 2.75) is 19.3 Å². The third-order valence-electron chi connectivity index (χ3n) is 4.59. The molecule has 0 radical (unpaired) electrons. The van der Waals surface area contributed by atoms with Crippen LogP contribution in [0.3, 0.4) is 0 Å². The predicted octanol–water partition coefficient (Wildman–Crippen LogP) is 1.83. The van der Waals surface area contributed by atoms with Gasteiger partial charge in [-0.05, 0) is 57.4 Å². The lowest BCUT2D eigenvalue weighted by atomic mass is 10.3. The molecule has 1 N–H and O–H groups in total. The van der Waals surface area contributed by atoms with Crippen LogP contribution in [0.15, 0.2) is 22.5 Å². The smallest absolute Gasteiger partial charge is 0.193 e. The first-order valence-electron chi connectivity index (χ1n) is 9.04. The first kappa shape index (κ1) is 19.2. The van der Waals surface area contributed by atoms with Crippen LogP contribution in [-0.2, 0) is 6.42 Å². The maximum atomic E-state index is 4.41. The molecule has 1 aliphatic rings. The second-order valence-corrected chi connectivity index (χ2v) is 7.61. The summed E-state index contributed by atoms with van der Waals surface area (Å²) in [5, 5.41) is 5.65. The van der Waals surface area contributed by atoms with E-state index in [1.54, 1.807) is 0 Å². The van der Waals surface area contributed by atoms with Gasteiger partial charge in [-0.2, -0.15) is 0 Å². The van der Waals surface area contributed by atoms with E-state index in [4.69, 9.17) is 0 Å². The van der Waals surface area contributed by atoms with Gasteiger partial charge in [0, 0.05) is 45.2 Å². The first-order chi connectivity index (χ1) is 11.7. The minimum absolute atomic E-state index is 0.988. The van der Waals surface area contributed by atoms with Crippen LogP contribution in [0.4, 0.5) is 0 Å². The average molecular weight is 352 g/mol. The summed E-state index contributed by atoms with van der Waals surface area (Å²) < 4.78 is 0. The molecule has 1 saturated heterocycles. The van der Waals surface area contributed by atoms with Gasteiger partial charge in [0.1, 0.15) is 0 Å². The summed E-state index contributed by atoms with van der Waals surface area (Å²) in [6.45, 7) is 8.03. The highest BCUT2D eigenvalue weighted by atomic mass is 32.1. The van der Waals surface area contributed by atoms with Crippen LogP contribution in [0, 0.1) is 0 Å². The Kier molecular flexibility index (Phi) is 8.56. The number of guanidine groups is 1. The molecule has 0 atom stereocenters. The largest absolute Gasteiger partial charge is 0.356 e. The monoisotopic (exact) mass is 351 g/mol. The maximum absolute atomic E-state index is 4.41. The molecule has 0 aliphatic carbocycles. The summed E-state index contributed by atoms with van der Waals surface area (Å²) >= 11 is 1.83. The Morgan fingerprint density at radius 3 is 2.96 bits per heavy atom. The van der Waals surface area contributed by atoms with Crippen molar-refractivity contribution in [1.82, 2.24) is 20.0 Å². The second-order valence-electron chi connectivity index (χ2n) is 6.58. The lowest BCUT2D eigenvalue weighted by Gasteiger charge is -2.23. The van der Waals surface area contributed by atoms with E-state index in [9.17, 15) is 0 Å². The molecule has 2 rings (SSSR count). The Labute approximate surface area is 151 Å². The van der Waals surface area contributed by atoms with E-state index in [0.717, 1.165) is 25.5 Å². The molecule has 2 heterocycles. The predicted molar refractivity (Wildman–Crippen MR) is 105 cm³/mol. The van der Waals surface area contributed by atoms with Gasteiger partial charge in [0.25, 0.3) is 0 Å². The van der Waals surface area contributed by atoms with Gasteiger partial charge >= 0.3 is 0 Å². The molecule has 1 fully saturated rings. The van der Waals surface area contributed by atoms with Crippen molar-refractivity contribution in [1.29, 1.82) is 0 Å². The van der Waals surface area contributed by atoms with Crippen LogP contribution in [0.2, 0.25) is 0 Å². The molecule has 0 spiro atoms. The number of hydrogen-bond donors (Lipinski definition) is 1. The Balaban J connectivity index is 1.62. The van der Waals surface area contributed by atoms with E-state index >= 15 is 0 Å². The maximum Gasteiger partial charge on any atom is 0.193 e. The number of aliphatic imine (C=N–C) groups is 1. The van der Waals surface area contributed by atoms with Crippen molar-refractivity contribution in [2.75, 3.05) is 67.0 Å². The number of likely N-dealkylation sites (N-methyl/N-ethyl adjacent to an activating group) is 2. The fourth-order valence-corrected chi connectivity index (χ4v) is 3.75. The minimum atomic E-state index is 0.988. The molecule has 0 amide bonds. The Morgan fingerprint density at radius 2 is 2.21 bits per heavy atom. The molecule has 136 valence electrons. The number of nitrogens with one attached hydrogen (secondary N) is 1. The lowest BCUT2D eigenvalue weighted by molar-refractivity contribution is 0.273. The van der Waals surface area contributed by atoms with E-state index < -0.39 is 0 Å². The normalized spacial score (nSPS) is 17.7. The summed E-state index contributed by atoms with van der Waals surface area (Å²) in [4.78, 5) is 13.1. The Hall–Kier alpha value is -1.11. The molecular weight excluding hydrogens is 318 g/mol. The molecule has 1 aromatic heterocycles. The third-order valence-corrected chi connectivity index (χ3v) is 5.53. The topological polar surface area (TPSA) is 34.1 Å². The molecule has 6 heteroatoms. The zero-order chi connectivity index (χ0) is 17.2. The van der Waals surface area contributed by atoms with Crippen LogP contribution in [0.25, 0.3) is 0 Å². The molecule has 0 unspecified atom stereocenters. The van der Waals surface area contributed by atoms with Crippen molar-refractivity contribution in [3.63, 3.8) is 0 Å². The highest BCUT2D eigenvalue weighted by Gasteiger charge is 2.11. The fraction of sp³-hybridized carbons (Fsp3) is 0.722. The van der Waals surface area contributed by atoms with Gasteiger partial charge in [0.15, 0.2) is 5.96 Å². The summed E-state index contributed by atoms with van der Waals surface area (Å²) in [5.41, 5.74) is 0. The summed E-state index contributed by atoms with van der Waals surface area (Å²) in [6.07, 6.45) is 3.54. The third kappa shape index (κ3) is 6.79. The molecular formula is C18H33N5S. The van der Waals surface area contributed by atoms with Crippen molar-refractivity contribution < 1.29 is 0 Å². The lowest BCUT2D eigenvalue weighted by Crippen LogP contribution is -2.41. The summed E-state index contributed by atoms with van der Waals surface area (Å²) in [6, 6.07) is 4.32. The van der Waals surface area contributed by atoms with Crippen molar-refractivity contribution in [3.05, 3.63) is 22.4 Å². The first-order valence-corrected chi connectivity index (χ1v) is 9.92. The molecule has 5 nitrogen and oxygen atoms in total. The van der Waals surface area contributed by atoms with Gasteiger partial charge in [-0.3, -0.25) is 4.99 Å². The second kappa shape index (κ2) is 10.7. The van der Waals surface area contributed by atoms with Gasteiger partial charge in [0.2, 0.25) is 0 Å². The van der Waals surface area contributed by atoms with E-state index in [1.165, 1.54) is 50.4 Å². The number of nitrogens with zero attached hydrogens (tertiary/aromatic N) is 4. The van der Waals surface area contributed by atoms with Crippen molar-refractivity contribution >= 4 is 17.3 Å². The molecule has 0 saturated carbocycles. The van der Waals surface area contributed by atoms with Gasteiger partial charge in [-0.1, -0.05) is 6.07 Å². The highest BCUT2D eigenvalue weighted by Crippen LogP contribution is 2.09. The summed E-state index contributed by atoms with van der Waals surface area (Å²) in [7, 11) is 6.21. The quantitative estimate of drug-likeness (QED) is 0.462. The average Bonchev–Trinajstić information content (AvgIpc) is 3.02. The van der Waals surface area contributed by atoms with E-state index in [0.29, 0.717) is 0 Å². The summed E-state index contributed by atoms with van der Waals surface area (Å²) in [5.74, 6) is 1.00. The zero-order valence-corrected chi connectivity index (χ0v) is 16.3. The number of thiophene rings is 1. The minimum Gasteiger partial charge on any atom is -0.356 e. The van der Waals surface area contributed by atoms with E-state index in [-0.39, 0.29) is 0 Å². The molecule has 1 aromatic rings. The van der Waals surface area contributed by atoms with Crippen LogP contribution >= 0.6 is 11.3 Å². The van der Waals surface area contributed by atoms with Gasteiger partial charge in [-0.15, -0.1) is 11.3 Å². The molecule has 0 aromatic carbocycles.